The van der Waals surface area contributed by atoms with E-state index < -0.39 is 0 Å². The lowest BCUT2D eigenvalue weighted by molar-refractivity contribution is 1.31. The summed E-state index contributed by atoms with van der Waals surface area (Å²) in [7, 11) is 0. The van der Waals surface area contributed by atoms with Gasteiger partial charge in [-0.2, -0.15) is 0 Å². The molecule has 0 saturated heterocycles. The van der Waals surface area contributed by atoms with E-state index in [0.717, 1.165) is 89.4 Å². The predicted molar refractivity (Wildman–Crippen MR) is 206 cm³/mol. The lowest BCUT2D eigenvalue weighted by Gasteiger charge is -2.07. The summed E-state index contributed by atoms with van der Waals surface area (Å²) < 4.78 is 0. The quantitative estimate of drug-likeness (QED) is 0.199. The Labute approximate surface area is 288 Å². The third-order valence-electron chi connectivity index (χ3n) is 9.05. The topological polar surface area (TPSA) is 57.4 Å². The third kappa shape index (κ3) is 5.29. The molecule has 3 aromatic heterocycles. The first-order chi connectivity index (χ1) is 24.2. The number of hydrogen-bond acceptors (Lipinski definition) is 2. The van der Waals surface area contributed by atoms with Crippen molar-refractivity contribution >= 4 is 58.0 Å². The molecule has 49 heavy (non-hydrogen) atoms. The monoisotopic (exact) mass is 648 g/mol. The van der Waals surface area contributed by atoms with Gasteiger partial charge in [0.05, 0.1) is 22.8 Å². The Balaban J connectivity index is 1.49. The minimum atomic E-state index is 0.668. The van der Waals surface area contributed by atoms with Crippen molar-refractivity contribution in [3.8, 4) is 44.5 Å². The van der Waals surface area contributed by atoms with Gasteiger partial charge in [0.15, 0.2) is 0 Å². The van der Waals surface area contributed by atoms with Crippen molar-refractivity contribution in [2.75, 3.05) is 0 Å². The van der Waals surface area contributed by atoms with Crippen LogP contribution in [0.1, 0.15) is 22.8 Å². The molecule has 4 nitrogen and oxygen atoms in total. The number of aromatic amines is 2. The molecule has 7 aromatic rings. The van der Waals surface area contributed by atoms with Gasteiger partial charge in [-0.1, -0.05) is 115 Å². The lowest BCUT2D eigenvalue weighted by atomic mass is 10.0. The largest absolute Gasteiger partial charge is 0.354 e. The number of benzene rings is 4. The normalized spacial score (nSPS) is 12.0. The summed E-state index contributed by atoms with van der Waals surface area (Å²) >= 11 is 6.58. The molecule has 0 unspecified atom stereocenters. The van der Waals surface area contributed by atoms with Crippen LogP contribution in [0.4, 0.5) is 0 Å². The SMILES string of the molecule is Clc1cccc(-c2c3nc(c(-c4ccccc4)c4ccc([nH]4)c(-c4ccccc4)c4nc(c(-c5ccccc5)c5ccc2[nH]5)C=C4)C=C3)c1. The Morgan fingerprint density at radius 3 is 1.02 bits per heavy atom. The fourth-order valence-corrected chi connectivity index (χ4v) is 7.07. The summed E-state index contributed by atoms with van der Waals surface area (Å²) in [4.78, 5) is 18.2. The Hall–Kier alpha value is -6.23. The first-order valence-corrected chi connectivity index (χ1v) is 16.7. The molecular weight excluding hydrogens is 620 g/mol. The van der Waals surface area contributed by atoms with E-state index in [-0.39, 0.29) is 0 Å². The van der Waals surface area contributed by atoms with Gasteiger partial charge in [0.2, 0.25) is 0 Å². The highest BCUT2D eigenvalue weighted by Gasteiger charge is 2.18. The molecule has 0 radical (unpaired) electrons. The Morgan fingerprint density at radius 1 is 0.347 bits per heavy atom. The van der Waals surface area contributed by atoms with Crippen molar-refractivity contribution in [3.05, 3.63) is 167 Å². The molecule has 5 heteroatoms. The number of hydrogen-bond donors (Lipinski definition) is 2. The van der Waals surface area contributed by atoms with Crippen LogP contribution < -0.4 is 0 Å². The van der Waals surface area contributed by atoms with Crippen LogP contribution in [-0.4, -0.2) is 19.9 Å². The highest BCUT2D eigenvalue weighted by atomic mass is 35.5. The number of nitrogens with one attached hydrogen (secondary N) is 2. The second kappa shape index (κ2) is 12.1. The Bertz CT molecular complexity index is 2560. The van der Waals surface area contributed by atoms with E-state index in [9.17, 15) is 0 Å². The standard InChI is InChI=1S/C44H29ClN4/c45-32-18-10-17-31(27-32)44-39-25-23-37(48-39)42(29-13-6-2-7-14-29)35-21-19-33(46-35)41(28-11-4-1-5-12-28)34-20-22-36(47-34)43(30-15-8-3-9-16-30)38-24-26-40(44)49-38/h1-27,46,49H. The molecule has 0 fully saturated rings. The average molecular weight is 649 g/mol. The molecule has 0 aliphatic carbocycles. The van der Waals surface area contributed by atoms with Gasteiger partial charge >= 0.3 is 0 Å². The lowest BCUT2D eigenvalue weighted by Crippen LogP contribution is -1.89. The zero-order valence-electron chi connectivity index (χ0n) is 26.4. The van der Waals surface area contributed by atoms with E-state index in [4.69, 9.17) is 21.6 Å². The molecule has 8 bridgehead atoms. The first-order valence-electron chi connectivity index (χ1n) is 16.3. The van der Waals surface area contributed by atoms with Crippen LogP contribution in [0.25, 0.3) is 90.9 Å². The molecule has 0 spiro atoms. The van der Waals surface area contributed by atoms with Crippen molar-refractivity contribution in [2.45, 2.75) is 0 Å². The van der Waals surface area contributed by atoms with E-state index in [1.807, 2.05) is 36.4 Å². The van der Waals surface area contributed by atoms with Crippen molar-refractivity contribution in [1.82, 2.24) is 19.9 Å². The van der Waals surface area contributed by atoms with Crippen LogP contribution >= 0.6 is 11.6 Å². The fraction of sp³-hybridized carbons (Fsp3) is 0. The molecule has 4 aromatic carbocycles. The second-order valence-corrected chi connectivity index (χ2v) is 12.5. The van der Waals surface area contributed by atoms with E-state index in [1.165, 1.54) is 0 Å². The predicted octanol–water partition coefficient (Wildman–Crippen LogP) is 12.0. The minimum absolute atomic E-state index is 0.668. The summed E-state index contributed by atoms with van der Waals surface area (Å²) in [6.45, 7) is 0. The summed E-state index contributed by atoms with van der Waals surface area (Å²) in [6, 6.07) is 47.9. The summed E-state index contributed by atoms with van der Waals surface area (Å²) in [5.74, 6) is 0. The summed E-state index contributed by atoms with van der Waals surface area (Å²) in [5, 5.41) is 0.668. The minimum Gasteiger partial charge on any atom is -0.354 e. The van der Waals surface area contributed by atoms with E-state index in [0.29, 0.717) is 5.02 Å². The number of rotatable bonds is 4. The van der Waals surface area contributed by atoms with Gasteiger partial charge in [-0.25, -0.2) is 9.97 Å². The van der Waals surface area contributed by atoms with Gasteiger partial charge < -0.3 is 9.97 Å². The number of H-pyrrole nitrogens is 2. The van der Waals surface area contributed by atoms with Gasteiger partial charge in [-0.15, -0.1) is 0 Å². The van der Waals surface area contributed by atoms with Gasteiger partial charge in [0, 0.05) is 49.3 Å². The van der Waals surface area contributed by atoms with Crippen LogP contribution in [0.3, 0.4) is 0 Å². The molecule has 232 valence electrons. The maximum Gasteiger partial charge on any atom is 0.0737 e. The molecule has 2 N–H and O–H groups in total. The van der Waals surface area contributed by atoms with Crippen molar-refractivity contribution in [2.24, 2.45) is 0 Å². The summed E-state index contributed by atoms with van der Waals surface area (Å²) in [5.41, 5.74) is 15.6. The van der Waals surface area contributed by atoms with Gasteiger partial charge in [-0.05, 0) is 83.0 Å². The molecule has 9 rings (SSSR count). The van der Waals surface area contributed by atoms with Gasteiger partial charge in [-0.3, -0.25) is 0 Å². The maximum atomic E-state index is 6.58. The first kappa shape index (κ1) is 29.0. The highest BCUT2D eigenvalue weighted by molar-refractivity contribution is 6.31. The Morgan fingerprint density at radius 2 is 0.673 bits per heavy atom. The smallest absolute Gasteiger partial charge is 0.0737 e. The molecule has 2 aliphatic rings. The van der Waals surface area contributed by atoms with Crippen molar-refractivity contribution in [1.29, 1.82) is 0 Å². The van der Waals surface area contributed by atoms with Gasteiger partial charge in [0.1, 0.15) is 0 Å². The zero-order valence-corrected chi connectivity index (χ0v) is 27.1. The zero-order chi connectivity index (χ0) is 32.7. The average Bonchev–Trinajstić information content (AvgIpc) is 3.97. The molecular formula is C44H29ClN4. The van der Waals surface area contributed by atoms with E-state index in [1.54, 1.807) is 0 Å². The molecule has 5 heterocycles. The van der Waals surface area contributed by atoms with E-state index >= 15 is 0 Å². The van der Waals surface area contributed by atoms with Crippen LogP contribution in [0.15, 0.2) is 140 Å². The molecule has 2 aliphatic heterocycles. The summed E-state index contributed by atoms with van der Waals surface area (Å²) in [6.07, 6.45) is 8.46. The van der Waals surface area contributed by atoms with Crippen LogP contribution in [0.5, 0.6) is 0 Å². The highest BCUT2D eigenvalue weighted by Crippen LogP contribution is 2.38. The number of fused-ring (bicyclic) bond motifs is 8. The Kier molecular flexibility index (Phi) is 7.15. The van der Waals surface area contributed by atoms with Crippen molar-refractivity contribution < 1.29 is 0 Å². The van der Waals surface area contributed by atoms with Crippen LogP contribution in [-0.2, 0) is 0 Å². The maximum absolute atomic E-state index is 6.58. The number of halogens is 1. The molecule has 0 amide bonds. The van der Waals surface area contributed by atoms with Gasteiger partial charge in [0.25, 0.3) is 0 Å². The van der Waals surface area contributed by atoms with Crippen molar-refractivity contribution in [3.63, 3.8) is 0 Å². The molecule has 0 saturated carbocycles. The number of aromatic nitrogens is 4. The van der Waals surface area contributed by atoms with Crippen LogP contribution in [0.2, 0.25) is 5.02 Å². The van der Waals surface area contributed by atoms with Crippen LogP contribution in [0, 0.1) is 0 Å². The number of nitrogens with zero attached hydrogens (tertiary/aromatic N) is 2. The van der Waals surface area contributed by atoms with E-state index in [2.05, 4.69) is 137 Å². The third-order valence-corrected chi connectivity index (χ3v) is 9.29. The molecule has 0 atom stereocenters. The fourth-order valence-electron chi connectivity index (χ4n) is 6.88. The second-order valence-electron chi connectivity index (χ2n) is 12.1.